The number of nitrogens with zero attached hydrogens (tertiary/aromatic N) is 3. The second-order valence-corrected chi connectivity index (χ2v) is 7.35. The Morgan fingerprint density at radius 2 is 1.73 bits per heavy atom. The first-order valence-corrected chi connectivity index (χ1v) is 9.71. The van der Waals surface area contributed by atoms with Crippen molar-refractivity contribution in [2.75, 3.05) is 23.3 Å². The van der Waals surface area contributed by atoms with Crippen LogP contribution in [0.3, 0.4) is 0 Å². The van der Waals surface area contributed by atoms with Crippen molar-refractivity contribution in [2.24, 2.45) is 0 Å². The first kappa shape index (κ1) is 20.0. The van der Waals surface area contributed by atoms with E-state index in [-0.39, 0.29) is 5.69 Å². The Morgan fingerprint density at radius 3 is 2.40 bits per heavy atom. The first-order chi connectivity index (χ1) is 14.3. The van der Waals surface area contributed by atoms with Gasteiger partial charge in [-0.1, -0.05) is 23.8 Å². The molecule has 1 amide bonds. The van der Waals surface area contributed by atoms with Crippen LogP contribution < -0.4 is 10.2 Å². The van der Waals surface area contributed by atoms with Crippen LogP contribution in [0.5, 0.6) is 0 Å². The van der Waals surface area contributed by atoms with Crippen molar-refractivity contribution in [3.05, 3.63) is 71.5 Å². The summed E-state index contributed by atoms with van der Waals surface area (Å²) in [5, 5.41) is 6.44. The van der Waals surface area contributed by atoms with Crippen LogP contribution in [-0.2, 0) is 6.18 Å². The molecule has 0 radical (unpaired) electrons. The SMILES string of the molecule is Cc1ccc(-n2ncc(C(=O)Nc3cccc(N4CCCC4)c3)c2C(F)(F)F)cc1. The monoisotopic (exact) mass is 414 g/mol. The highest BCUT2D eigenvalue weighted by atomic mass is 19.4. The lowest BCUT2D eigenvalue weighted by Crippen LogP contribution is -2.21. The van der Waals surface area contributed by atoms with E-state index >= 15 is 0 Å². The van der Waals surface area contributed by atoms with Gasteiger partial charge in [0.1, 0.15) is 0 Å². The van der Waals surface area contributed by atoms with E-state index in [0.717, 1.165) is 48.1 Å². The van der Waals surface area contributed by atoms with Gasteiger partial charge < -0.3 is 10.2 Å². The maximum Gasteiger partial charge on any atom is 0.434 e. The van der Waals surface area contributed by atoms with Crippen molar-refractivity contribution in [3.8, 4) is 5.69 Å². The lowest BCUT2D eigenvalue weighted by atomic mass is 10.2. The molecule has 0 saturated carbocycles. The molecule has 0 spiro atoms. The third kappa shape index (κ3) is 4.03. The molecule has 3 aromatic rings. The number of rotatable bonds is 4. The number of carbonyl (C=O) groups excluding carboxylic acids is 1. The topological polar surface area (TPSA) is 50.2 Å². The summed E-state index contributed by atoms with van der Waals surface area (Å²) in [6.45, 7) is 3.70. The smallest absolute Gasteiger partial charge is 0.371 e. The molecule has 1 aromatic heterocycles. The van der Waals surface area contributed by atoms with E-state index in [0.29, 0.717) is 5.69 Å². The summed E-state index contributed by atoms with van der Waals surface area (Å²) >= 11 is 0. The van der Waals surface area contributed by atoms with Crippen molar-refractivity contribution in [1.29, 1.82) is 0 Å². The van der Waals surface area contributed by atoms with Gasteiger partial charge in [-0.25, -0.2) is 4.68 Å². The predicted molar refractivity (Wildman–Crippen MR) is 109 cm³/mol. The molecule has 1 saturated heterocycles. The lowest BCUT2D eigenvalue weighted by molar-refractivity contribution is -0.143. The number of aromatic nitrogens is 2. The van der Waals surface area contributed by atoms with Gasteiger partial charge in [0.05, 0.1) is 17.4 Å². The molecule has 0 atom stereocenters. The highest BCUT2D eigenvalue weighted by Crippen LogP contribution is 2.34. The Morgan fingerprint density at radius 1 is 1.03 bits per heavy atom. The summed E-state index contributed by atoms with van der Waals surface area (Å²) in [6.07, 6.45) is -1.58. The van der Waals surface area contributed by atoms with E-state index in [4.69, 9.17) is 0 Å². The van der Waals surface area contributed by atoms with Crippen molar-refractivity contribution >= 4 is 17.3 Å². The Labute approximate surface area is 172 Å². The minimum absolute atomic E-state index is 0.239. The number of hydrogen-bond acceptors (Lipinski definition) is 3. The van der Waals surface area contributed by atoms with Crippen LogP contribution in [0.4, 0.5) is 24.5 Å². The molecule has 0 unspecified atom stereocenters. The van der Waals surface area contributed by atoms with Crippen LogP contribution in [0.15, 0.2) is 54.7 Å². The van der Waals surface area contributed by atoms with Crippen LogP contribution in [0, 0.1) is 6.92 Å². The maximum absolute atomic E-state index is 13.8. The van der Waals surface area contributed by atoms with Gasteiger partial charge >= 0.3 is 6.18 Å². The second kappa shape index (κ2) is 7.85. The number of benzene rings is 2. The molecule has 2 aromatic carbocycles. The third-order valence-corrected chi connectivity index (χ3v) is 5.14. The highest BCUT2D eigenvalue weighted by Gasteiger charge is 2.40. The lowest BCUT2D eigenvalue weighted by Gasteiger charge is -2.18. The summed E-state index contributed by atoms with van der Waals surface area (Å²) in [4.78, 5) is 14.9. The molecule has 0 aliphatic carbocycles. The number of nitrogens with one attached hydrogen (secondary N) is 1. The molecule has 156 valence electrons. The molecular weight excluding hydrogens is 393 g/mol. The number of alkyl halides is 3. The van der Waals surface area contributed by atoms with Crippen LogP contribution >= 0.6 is 0 Å². The highest BCUT2D eigenvalue weighted by molar-refractivity contribution is 6.05. The second-order valence-electron chi connectivity index (χ2n) is 7.35. The third-order valence-electron chi connectivity index (χ3n) is 5.14. The van der Waals surface area contributed by atoms with E-state index in [1.54, 1.807) is 42.5 Å². The number of aryl methyl sites for hydroxylation is 1. The van der Waals surface area contributed by atoms with Gasteiger partial charge in [-0.15, -0.1) is 0 Å². The zero-order valence-electron chi connectivity index (χ0n) is 16.4. The first-order valence-electron chi connectivity index (χ1n) is 9.71. The van der Waals surface area contributed by atoms with Gasteiger partial charge in [-0.05, 0) is 50.1 Å². The van der Waals surface area contributed by atoms with Gasteiger partial charge in [0.2, 0.25) is 0 Å². The molecule has 1 aliphatic rings. The number of carbonyl (C=O) groups is 1. The van der Waals surface area contributed by atoms with Crippen LogP contribution in [-0.4, -0.2) is 28.8 Å². The van der Waals surface area contributed by atoms with E-state index in [2.05, 4.69) is 15.3 Å². The van der Waals surface area contributed by atoms with Crippen LogP contribution in [0.1, 0.15) is 34.5 Å². The van der Waals surface area contributed by atoms with Gasteiger partial charge in [0.25, 0.3) is 5.91 Å². The Hall–Kier alpha value is -3.29. The van der Waals surface area contributed by atoms with Crippen LogP contribution in [0.25, 0.3) is 5.69 Å². The minimum atomic E-state index is -4.74. The number of amides is 1. The minimum Gasteiger partial charge on any atom is -0.371 e. The quantitative estimate of drug-likeness (QED) is 0.650. The molecule has 30 heavy (non-hydrogen) atoms. The van der Waals surface area contributed by atoms with Crippen molar-refractivity contribution in [1.82, 2.24) is 9.78 Å². The van der Waals surface area contributed by atoms with Gasteiger partial charge in [0, 0.05) is 24.5 Å². The summed E-state index contributed by atoms with van der Waals surface area (Å²) in [6, 6.07) is 13.6. The van der Waals surface area contributed by atoms with Gasteiger partial charge in [-0.3, -0.25) is 4.79 Å². The van der Waals surface area contributed by atoms with E-state index in [1.165, 1.54) is 0 Å². The molecule has 8 heteroatoms. The number of anilines is 2. The van der Waals surface area contributed by atoms with Crippen LogP contribution in [0.2, 0.25) is 0 Å². The largest absolute Gasteiger partial charge is 0.434 e. The van der Waals surface area contributed by atoms with Crippen molar-refractivity contribution in [3.63, 3.8) is 0 Å². The molecule has 2 heterocycles. The molecule has 4 rings (SSSR count). The number of halogens is 3. The molecule has 5 nitrogen and oxygen atoms in total. The fourth-order valence-corrected chi connectivity index (χ4v) is 3.62. The van der Waals surface area contributed by atoms with Gasteiger partial charge in [0.15, 0.2) is 5.69 Å². The predicted octanol–water partition coefficient (Wildman–Crippen LogP) is 5.05. The molecule has 1 aliphatic heterocycles. The fraction of sp³-hybridized carbons (Fsp3) is 0.273. The van der Waals surface area contributed by atoms with Gasteiger partial charge in [-0.2, -0.15) is 18.3 Å². The average molecular weight is 414 g/mol. The normalized spacial score (nSPS) is 14.2. The molecule has 1 fully saturated rings. The Balaban J connectivity index is 1.64. The zero-order chi connectivity index (χ0) is 21.3. The molecule has 1 N–H and O–H groups in total. The zero-order valence-corrected chi connectivity index (χ0v) is 16.4. The van der Waals surface area contributed by atoms with E-state index in [1.807, 2.05) is 13.0 Å². The van der Waals surface area contributed by atoms with E-state index in [9.17, 15) is 18.0 Å². The number of hydrogen-bond donors (Lipinski definition) is 1. The average Bonchev–Trinajstić information content (AvgIpc) is 3.39. The Kier molecular flexibility index (Phi) is 5.24. The Bertz CT molecular complexity index is 1050. The molecular formula is C22H21F3N4O. The standard InChI is InChI=1S/C22H21F3N4O/c1-15-7-9-17(10-8-15)29-20(22(23,24)25)19(14-26-29)21(30)27-16-5-4-6-18(13-16)28-11-2-3-12-28/h4-10,13-14H,2-3,11-12H2,1H3,(H,27,30). The summed E-state index contributed by atoms with van der Waals surface area (Å²) < 4.78 is 42.2. The van der Waals surface area contributed by atoms with Crippen molar-refractivity contribution in [2.45, 2.75) is 25.9 Å². The van der Waals surface area contributed by atoms with Crippen molar-refractivity contribution < 1.29 is 18.0 Å². The van der Waals surface area contributed by atoms with E-state index < -0.39 is 23.3 Å². The molecule has 0 bridgehead atoms. The summed E-state index contributed by atoms with van der Waals surface area (Å²) in [5.41, 5.74) is 0.921. The maximum atomic E-state index is 13.8. The summed E-state index contributed by atoms with van der Waals surface area (Å²) in [7, 11) is 0. The fourth-order valence-electron chi connectivity index (χ4n) is 3.62. The summed E-state index contributed by atoms with van der Waals surface area (Å²) in [5.74, 6) is -0.848.